The van der Waals surface area contributed by atoms with Crippen molar-refractivity contribution < 1.29 is 1.43 Å². The van der Waals surface area contributed by atoms with Gasteiger partial charge in [-0.15, -0.1) is 0 Å². The molecular formula is C7H10N2. The molecule has 0 aliphatic rings. The van der Waals surface area contributed by atoms with E-state index in [2.05, 4.69) is 23.4 Å². The Bertz CT molecular complexity index is 205. The summed E-state index contributed by atoms with van der Waals surface area (Å²) < 4.78 is 0. The standard InChI is InChI=1S/C7H8N2.H2/c1-3-6-5-8-9-7(6)4-2;/h3-5H,1-2H2,(H,8,9);1H. The van der Waals surface area contributed by atoms with E-state index in [1.165, 1.54) is 0 Å². The van der Waals surface area contributed by atoms with Gasteiger partial charge in [-0.2, -0.15) is 5.10 Å². The van der Waals surface area contributed by atoms with Crippen LogP contribution in [0, 0.1) is 0 Å². The third-order valence-electron chi connectivity index (χ3n) is 1.12. The molecule has 1 heterocycles. The van der Waals surface area contributed by atoms with Crippen molar-refractivity contribution >= 4 is 12.2 Å². The van der Waals surface area contributed by atoms with Gasteiger partial charge in [0.2, 0.25) is 0 Å². The topological polar surface area (TPSA) is 28.7 Å². The molecule has 0 unspecified atom stereocenters. The van der Waals surface area contributed by atoms with Gasteiger partial charge in [0, 0.05) is 6.99 Å². The number of hydrogen-bond acceptors (Lipinski definition) is 1. The first-order chi connectivity index (χ1) is 4.38. The van der Waals surface area contributed by atoms with Gasteiger partial charge < -0.3 is 0 Å². The van der Waals surface area contributed by atoms with E-state index in [4.69, 9.17) is 0 Å². The lowest BCUT2D eigenvalue weighted by atomic mass is 10.2. The van der Waals surface area contributed by atoms with Crippen LogP contribution in [0.5, 0.6) is 0 Å². The summed E-state index contributed by atoms with van der Waals surface area (Å²) in [4.78, 5) is 0. The molecule has 0 aliphatic heterocycles. The molecule has 1 rings (SSSR count). The summed E-state index contributed by atoms with van der Waals surface area (Å²) in [5, 5.41) is 6.56. The van der Waals surface area contributed by atoms with Crippen LogP contribution < -0.4 is 0 Å². The van der Waals surface area contributed by atoms with Gasteiger partial charge >= 0.3 is 0 Å². The molecule has 0 spiro atoms. The molecule has 0 saturated heterocycles. The average molecular weight is 122 g/mol. The molecule has 1 aromatic rings. The van der Waals surface area contributed by atoms with E-state index in [-0.39, 0.29) is 1.43 Å². The van der Waals surface area contributed by atoms with Crippen molar-refractivity contribution in [3.63, 3.8) is 0 Å². The summed E-state index contributed by atoms with van der Waals surface area (Å²) in [5.74, 6) is 0. The quantitative estimate of drug-likeness (QED) is 0.638. The molecule has 2 nitrogen and oxygen atoms in total. The second-order valence-corrected chi connectivity index (χ2v) is 1.65. The minimum atomic E-state index is 0. The van der Waals surface area contributed by atoms with E-state index in [0.29, 0.717) is 0 Å². The average Bonchev–Trinajstić information content (AvgIpc) is 2.33. The first-order valence-electron chi connectivity index (χ1n) is 2.66. The Hall–Kier alpha value is -1.31. The maximum Gasteiger partial charge on any atom is 0.0644 e. The predicted molar refractivity (Wildman–Crippen MR) is 40.9 cm³/mol. The van der Waals surface area contributed by atoms with Gasteiger partial charge in [-0.3, -0.25) is 5.10 Å². The summed E-state index contributed by atoms with van der Waals surface area (Å²) in [5.41, 5.74) is 1.91. The van der Waals surface area contributed by atoms with Crippen LogP contribution >= 0.6 is 0 Å². The molecule has 0 atom stereocenters. The van der Waals surface area contributed by atoms with Gasteiger partial charge in [0.1, 0.15) is 0 Å². The highest BCUT2D eigenvalue weighted by Crippen LogP contribution is 2.05. The fraction of sp³-hybridized carbons (Fsp3) is 0. The highest BCUT2D eigenvalue weighted by atomic mass is 15.1. The van der Waals surface area contributed by atoms with Crippen molar-refractivity contribution in [2.45, 2.75) is 0 Å². The fourth-order valence-electron chi connectivity index (χ4n) is 0.632. The molecule has 1 N–H and O–H groups in total. The van der Waals surface area contributed by atoms with Crippen molar-refractivity contribution in [3.05, 3.63) is 30.6 Å². The van der Waals surface area contributed by atoms with Crippen LogP contribution in [0.3, 0.4) is 0 Å². The van der Waals surface area contributed by atoms with Gasteiger partial charge in [-0.25, -0.2) is 0 Å². The van der Waals surface area contributed by atoms with Crippen molar-refractivity contribution in [3.8, 4) is 0 Å². The molecule has 0 aliphatic carbocycles. The Morgan fingerprint density at radius 1 is 1.56 bits per heavy atom. The van der Waals surface area contributed by atoms with Gasteiger partial charge in [-0.1, -0.05) is 19.2 Å². The largest absolute Gasteiger partial charge is 0.278 e. The minimum absolute atomic E-state index is 0. The monoisotopic (exact) mass is 122 g/mol. The summed E-state index contributed by atoms with van der Waals surface area (Å²) in [6.45, 7) is 7.20. The second kappa shape index (κ2) is 2.31. The molecule has 0 radical (unpaired) electrons. The fourth-order valence-corrected chi connectivity index (χ4v) is 0.632. The molecule has 0 bridgehead atoms. The summed E-state index contributed by atoms with van der Waals surface area (Å²) in [6, 6.07) is 0. The zero-order chi connectivity index (χ0) is 6.69. The number of hydrogen-bond donors (Lipinski definition) is 1. The summed E-state index contributed by atoms with van der Waals surface area (Å²) in [7, 11) is 0. The van der Waals surface area contributed by atoms with E-state index >= 15 is 0 Å². The van der Waals surface area contributed by atoms with Crippen LogP contribution in [0.25, 0.3) is 12.2 Å². The van der Waals surface area contributed by atoms with Gasteiger partial charge in [0.15, 0.2) is 0 Å². The van der Waals surface area contributed by atoms with Crippen molar-refractivity contribution in [1.29, 1.82) is 0 Å². The number of H-pyrrole nitrogens is 1. The van der Waals surface area contributed by atoms with E-state index in [0.717, 1.165) is 11.3 Å². The Labute approximate surface area is 55.4 Å². The lowest BCUT2D eigenvalue weighted by Gasteiger charge is -1.84. The first-order valence-corrected chi connectivity index (χ1v) is 2.66. The van der Waals surface area contributed by atoms with E-state index in [1.807, 2.05) is 0 Å². The molecule has 2 heteroatoms. The zero-order valence-electron chi connectivity index (χ0n) is 5.09. The number of rotatable bonds is 2. The van der Waals surface area contributed by atoms with Gasteiger partial charge in [0.05, 0.1) is 11.9 Å². The van der Waals surface area contributed by atoms with E-state index in [1.54, 1.807) is 18.3 Å². The number of nitrogens with one attached hydrogen (secondary N) is 1. The summed E-state index contributed by atoms with van der Waals surface area (Å²) >= 11 is 0. The van der Waals surface area contributed by atoms with E-state index < -0.39 is 0 Å². The highest BCUT2D eigenvalue weighted by Gasteiger charge is 1.92. The molecule has 0 saturated carbocycles. The third-order valence-corrected chi connectivity index (χ3v) is 1.12. The SMILES string of the molecule is C=Cc1cn[nH]c1C=C.[HH]. The second-order valence-electron chi connectivity index (χ2n) is 1.65. The minimum Gasteiger partial charge on any atom is -0.278 e. The Kier molecular flexibility index (Phi) is 1.49. The molecule has 0 fully saturated rings. The summed E-state index contributed by atoms with van der Waals surface area (Å²) in [6.07, 6.45) is 5.16. The Balaban J connectivity index is 0.000000810. The van der Waals surface area contributed by atoms with Crippen molar-refractivity contribution in [2.75, 3.05) is 0 Å². The predicted octanol–water partition coefficient (Wildman–Crippen LogP) is 1.94. The lowest BCUT2D eigenvalue weighted by molar-refractivity contribution is 1.08. The van der Waals surface area contributed by atoms with Crippen LogP contribution in [0.2, 0.25) is 0 Å². The number of aromatic nitrogens is 2. The highest BCUT2D eigenvalue weighted by molar-refractivity contribution is 5.59. The first kappa shape index (κ1) is 5.82. The van der Waals surface area contributed by atoms with E-state index in [9.17, 15) is 0 Å². The third kappa shape index (κ3) is 0.914. The molecule has 9 heavy (non-hydrogen) atoms. The number of aromatic amines is 1. The molecule has 48 valence electrons. The molecule has 1 aromatic heterocycles. The van der Waals surface area contributed by atoms with Crippen LogP contribution in [-0.2, 0) is 0 Å². The van der Waals surface area contributed by atoms with Crippen LogP contribution in [-0.4, -0.2) is 10.2 Å². The maximum absolute atomic E-state index is 3.80. The van der Waals surface area contributed by atoms with Crippen LogP contribution in [0.1, 0.15) is 12.7 Å². The lowest BCUT2D eigenvalue weighted by Crippen LogP contribution is -1.72. The molecule has 0 aromatic carbocycles. The van der Waals surface area contributed by atoms with Crippen LogP contribution in [0.4, 0.5) is 0 Å². The Morgan fingerprint density at radius 2 is 2.33 bits per heavy atom. The Morgan fingerprint density at radius 3 is 2.78 bits per heavy atom. The van der Waals surface area contributed by atoms with Crippen LogP contribution in [0.15, 0.2) is 19.4 Å². The van der Waals surface area contributed by atoms with Gasteiger partial charge in [-0.05, 0) is 6.08 Å². The maximum atomic E-state index is 3.80. The number of nitrogens with zero attached hydrogens (tertiary/aromatic N) is 1. The molecular weight excluding hydrogens is 112 g/mol. The smallest absolute Gasteiger partial charge is 0.0644 e. The van der Waals surface area contributed by atoms with Crippen molar-refractivity contribution in [1.82, 2.24) is 10.2 Å². The van der Waals surface area contributed by atoms with Crippen molar-refractivity contribution in [2.24, 2.45) is 0 Å². The zero-order valence-corrected chi connectivity index (χ0v) is 5.09. The van der Waals surface area contributed by atoms with Gasteiger partial charge in [0.25, 0.3) is 0 Å². The normalized spacial score (nSPS) is 8.89. The molecule has 0 amide bonds.